The molecule has 5 heterocycles. The molecule has 2 atom stereocenters. The molecule has 0 spiro atoms. The van der Waals surface area contributed by atoms with Crippen LogP contribution in [-0.4, -0.2) is 50.9 Å². The zero-order chi connectivity index (χ0) is 25.4. The Morgan fingerprint density at radius 1 is 1.25 bits per heavy atom. The highest BCUT2D eigenvalue weighted by molar-refractivity contribution is 7.91. The van der Waals surface area contributed by atoms with E-state index in [1.807, 2.05) is 11.8 Å². The van der Waals surface area contributed by atoms with Gasteiger partial charge in [-0.15, -0.1) is 0 Å². The molecule has 3 aromatic heterocycles. The van der Waals surface area contributed by atoms with Crippen LogP contribution in [0.5, 0.6) is 0 Å². The summed E-state index contributed by atoms with van der Waals surface area (Å²) in [6.45, 7) is 2.57. The van der Waals surface area contributed by atoms with Crippen molar-refractivity contribution in [1.82, 2.24) is 24.1 Å². The number of hydrogen-bond donors (Lipinski definition) is 1. The third-order valence-corrected chi connectivity index (χ3v) is 8.92. The van der Waals surface area contributed by atoms with Crippen LogP contribution in [0.4, 0.5) is 16.2 Å². The fraction of sp³-hybridized carbons (Fsp3) is 0.304. The second-order valence-electron chi connectivity index (χ2n) is 9.14. The molecule has 0 radical (unpaired) electrons. The van der Waals surface area contributed by atoms with Crippen LogP contribution < -0.4 is 16.2 Å². The van der Waals surface area contributed by atoms with Crippen LogP contribution in [0.25, 0.3) is 11.2 Å². The lowest BCUT2D eigenvalue weighted by molar-refractivity contribution is 0.304. The largest absolute Gasteiger partial charge is 0.368 e. The number of halogens is 2. The van der Waals surface area contributed by atoms with E-state index in [0.717, 1.165) is 0 Å². The number of anilines is 2. The molecule has 2 aliphatic heterocycles. The lowest BCUT2D eigenvalue weighted by Crippen LogP contribution is -2.57. The van der Waals surface area contributed by atoms with Gasteiger partial charge in [0.25, 0.3) is 5.56 Å². The first-order valence-electron chi connectivity index (χ1n) is 11.3. The summed E-state index contributed by atoms with van der Waals surface area (Å²) in [6.07, 6.45) is 2.14. The number of nitrogens with zero attached hydrogens (tertiary/aromatic N) is 6. The summed E-state index contributed by atoms with van der Waals surface area (Å²) in [6, 6.07) is 7.01. The first kappa shape index (κ1) is 22.9. The monoisotopic (exact) mass is 529 g/mol. The van der Waals surface area contributed by atoms with Crippen LogP contribution in [-0.2, 0) is 22.7 Å². The van der Waals surface area contributed by atoms with Gasteiger partial charge < -0.3 is 10.6 Å². The van der Waals surface area contributed by atoms with Gasteiger partial charge in [-0.05, 0) is 30.2 Å². The number of sulfone groups is 1. The van der Waals surface area contributed by atoms with Crippen molar-refractivity contribution in [3.63, 3.8) is 0 Å². The quantitative estimate of drug-likeness (QED) is 0.425. The van der Waals surface area contributed by atoms with Gasteiger partial charge >= 0.3 is 0 Å². The Morgan fingerprint density at radius 3 is 2.81 bits per heavy atom. The van der Waals surface area contributed by atoms with Gasteiger partial charge in [0.15, 0.2) is 15.7 Å². The van der Waals surface area contributed by atoms with Gasteiger partial charge in [0.05, 0.1) is 22.2 Å². The maximum Gasteiger partial charge on any atom is 0.284 e. The number of nitrogens with two attached hydrogens (primary N) is 1. The Balaban J connectivity index is 1.48. The zero-order valence-electron chi connectivity index (χ0n) is 19.1. The van der Waals surface area contributed by atoms with E-state index in [4.69, 9.17) is 17.3 Å². The maximum absolute atomic E-state index is 14.1. The van der Waals surface area contributed by atoms with E-state index in [0.29, 0.717) is 23.8 Å². The molecule has 1 fully saturated rings. The van der Waals surface area contributed by atoms with Crippen LogP contribution >= 0.6 is 11.6 Å². The van der Waals surface area contributed by atoms with Crippen molar-refractivity contribution in [2.24, 2.45) is 5.92 Å². The minimum Gasteiger partial charge on any atom is -0.368 e. The maximum atomic E-state index is 14.1. The van der Waals surface area contributed by atoms with Gasteiger partial charge in [-0.25, -0.2) is 22.3 Å². The van der Waals surface area contributed by atoms with Crippen molar-refractivity contribution in [3.05, 3.63) is 69.2 Å². The minimum absolute atomic E-state index is 0.0114. The van der Waals surface area contributed by atoms with Gasteiger partial charge in [0, 0.05) is 31.6 Å². The highest BCUT2D eigenvalue weighted by Crippen LogP contribution is 2.39. The van der Waals surface area contributed by atoms with Crippen LogP contribution in [0.15, 0.2) is 46.2 Å². The van der Waals surface area contributed by atoms with Crippen molar-refractivity contribution in [2.45, 2.75) is 30.7 Å². The number of nitrogen functional groups attached to an aromatic ring is 1. The number of rotatable bonds is 4. The van der Waals surface area contributed by atoms with Crippen LogP contribution in [0, 0.1) is 11.7 Å². The molecule has 2 aliphatic rings. The lowest BCUT2D eigenvalue weighted by atomic mass is 9.87. The predicted molar refractivity (Wildman–Crippen MR) is 132 cm³/mol. The van der Waals surface area contributed by atoms with Crippen molar-refractivity contribution >= 4 is 38.7 Å². The molecule has 6 rings (SSSR count). The number of hydrogen-bond acceptors (Lipinski definition) is 8. The van der Waals surface area contributed by atoms with Crippen LogP contribution in [0.1, 0.15) is 18.4 Å². The van der Waals surface area contributed by atoms with E-state index in [1.165, 1.54) is 27.3 Å². The first-order valence-corrected chi connectivity index (χ1v) is 13.4. The molecule has 36 heavy (non-hydrogen) atoms. The topological polar surface area (TPSA) is 128 Å². The number of fused-ring (bicyclic) bond motifs is 2. The third-order valence-electron chi connectivity index (χ3n) is 6.83. The molecule has 13 heteroatoms. The Labute approximate surface area is 210 Å². The fourth-order valence-corrected chi connectivity index (χ4v) is 6.92. The smallest absolute Gasteiger partial charge is 0.284 e. The molecule has 2 N–H and O–H groups in total. The molecule has 4 aromatic rings. The predicted octanol–water partition coefficient (Wildman–Crippen LogP) is 2.05. The molecule has 0 bridgehead atoms. The molecule has 0 saturated carbocycles. The molecular weight excluding hydrogens is 509 g/mol. The summed E-state index contributed by atoms with van der Waals surface area (Å²) < 4.78 is 42.4. The molecule has 1 saturated heterocycles. The summed E-state index contributed by atoms with van der Waals surface area (Å²) in [5.41, 5.74) is 6.40. The van der Waals surface area contributed by atoms with E-state index in [9.17, 15) is 17.6 Å². The van der Waals surface area contributed by atoms with Crippen LogP contribution in [0.3, 0.4) is 0 Å². The van der Waals surface area contributed by atoms with Gasteiger partial charge in [-0.3, -0.25) is 9.36 Å². The fourth-order valence-electron chi connectivity index (χ4n) is 5.08. The second-order valence-corrected chi connectivity index (χ2v) is 11.6. The van der Waals surface area contributed by atoms with Gasteiger partial charge in [-0.2, -0.15) is 10.1 Å². The molecule has 1 aromatic carbocycles. The summed E-state index contributed by atoms with van der Waals surface area (Å²) >= 11 is 6.25. The van der Waals surface area contributed by atoms with Crippen LogP contribution in [0.2, 0.25) is 5.02 Å². The molecule has 10 nitrogen and oxygen atoms in total. The first-order chi connectivity index (χ1) is 17.1. The summed E-state index contributed by atoms with van der Waals surface area (Å²) in [5, 5.41) is 4.87. The Hall–Kier alpha value is -3.51. The van der Waals surface area contributed by atoms with E-state index in [-0.39, 0.29) is 57.8 Å². The molecule has 186 valence electrons. The molecule has 0 aliphatic carbocycles. The van der Waals surface area contributed by atoms with Crippen molar-refractivity contribution in [2.75, 3.05) is 22.9 Å². The second kappa shape index (κ2) is 8.00. The van der Waals surface area contributed by atoms with Gasteiger partial charge in [0.1, 0.15) is 22.1 Å². The Kier molecular flexibility index (Phi) is 5.09. The van der Waals surface area contributed by atoms with Crippen molar-refractivity contribution < 1.29 is 12.8 Å². The van der Waals surface area contributed by atoms with Gasteiger partial charge in [-0.1, -0.05) is 24.6 Å². The highest BCUT2D eigenvalue weighted by Gasteiger charge is 2.43. The van der Waals surface area contributed by atoms with Crippen molar-refractivity contribution in [3.8, 4) is 5.69 Å². The third kappa shape index (κ3) is 3.46. The Morgan fingerprint density at radius 2 is 2.06 bits per heavy atom. The lowest BCUT2D eigenvalue weighted by Gasteiger charge is -2.48. The highest BCUT2D eigenvalue weighted by atomic mass is 35.5. The number of benzene rings is 1. The van der Waals surface area contributed by atoms with E-state index < -0.39 is 21.2 Å². The van der Waals surface area contributed by atoms with E-state index in [2.05, 4.69) is 15.1 Å². The Bertz CT molecular complexity index is 1720. The van der Waals surface area contributed by atoms with Crippen molar-refractivity contribution in [1.29, 1.82) is 0 Å². The number of aryl methyl sites for hydroxylation is 1. The molecule has 1 unspecified atom stereocenters. The average molecular weight is 530 g/mol. The summed E-state index contributed by atoms with van der Waals surface area (Å²) in [5.74, 6) is 0.256. The SMILES string of the molecule is C[C@H]1CN(c2nc(N)nc3c2S(=O)(=O)CC3)C1Cc1nn2ccc(Cl)c2c(=O)n1-c1cccc(F)c1. The summed E-state index contributed by atoms with van der Waals surface area (Å²) in [7, 11) is -3.53. The zero-order valence-corrected chi connectivity index (χ0v) is 20.7. The van der Waals surface area contributed by atoms with E-state index in [1.54, 1.807) is 18.3 Å². The normalized spacial score (nSPS) is 20.5. The summed E-state index contributed by atoms with van der Waals surface area (Å²) in [4.78, 5) is 24.0. The van der Waals surface area contributed by atoms with E-state index >= 15 is 0 Å². The average Bonchev–Trinajstić information content (AvgIpc) is 3.34. The molecule has 0 amide bonds. The molecular formula is C23H21ClFN7O3S. The number of aromatic nitrogens is 5. The minimum atomic E-state index is -3.53. The van der Waals surface area contributed by atoms with Gasteiger partial charge in [0.2, 0.25) is 5.95 Å². The standard InChI is InChI=1S/C23H21ClFN7O3S/c1-12-11-30(21-20-16(27-23(26)28-21)6-8-36(20,34)35)17(12)10-18-29-31-7-5-15(24)19(31)22(33)32(18)14-4-2-3-13(25)9-14/h2-5,7,9,12,17H,6,8,10-11H2,1H3,(H2,26,27,28)/t12-,17?/m0/s1.